The summed E-state index contributed by atoms with van der Waals surface area (Å²) in [5.41, 5.74) is -0.140. The molecule has 74 valence electrons. The molecule has 13 heavy (non-hydrogen) atoms. The monoisotopic (exact) mass is 189 g/mol. The molecule has 1 spiro atoms. The van der Waals surface area contributed by atoms with Crippen LogP contribution in [0.5, 0.6) is 0 Å². The van der Waals surface area contributed by atoms with Crippen LogP contribution in [-0.2, 0) is 4.79 Å². The van der Waals surface area contributed by atoms with Crippen LogP contribution < -0.4 is 5.32 Å². The zero-order valence-corrected chi connectivity index (χ0v) is 7.41. The average Bonchev–Trinajstić information content (AvgIpc) is 2.41. The smallest absolute Gasteiger partial charge is 0.248 e. The van der Waals surface area contributed by atoms with E-state index in [-0.39, 0.29) is 24.2 Å². The van der Waals surface area contributed by atoms with E-state index in [4.69, 9.17) is 0 Å². The van der Waals surface area contributed by atoms with Gasteiger partial charge in [0.25, 0.3) is 0 Å². The van der Waals surface area contributed by atoms with E-state index in [2.05, 4.69) is 5.32 Å². The number of halogens is 2. The van der Waals surface area contributed by atoms with Crippen LogP contribution in [0.2, 0.25) is 0 Å². The van der Waals surface area contributed by atoms with Gasteiger partial charge in [-0.25, -0.2) is 8.78 Å². The lowest BCUT2D eigenvalue weighted by Crippen LogP contribution is -2.34. The molecule has 1 heterocycles. The maximum atomic E-state index is 12.8. The zero-order valence-electron chi connectivity index (χ0n) is 7.41. The standard InChI is InChI=1S/C9H13F2NO/c10-9(11)3-1-8(2-4-9)5-7(13)12-6-8/h1-6H2,(H,12,13). The fourth-order valence-corrected chi connectivity index (χ4v) is 2.25. The summed E-state index contributed by atoms with van der Waals surface area (Å²) in [5, 5.41) is 2.72. The third-order valence-corrected chi connectivity index (χ3v) is 3.24. The average molecular weight is 189 g/mol. The second kappa shape index (κ2) is 2.66. The van der Waals surface area contributed by atoms with Crippen LogP contribution in [0.3, 0.4) is 0 Å². The Kier molecular flexibility index (Phi) is 1.82. The SMILES string of the molecule is O=C1CC2(CCC(F)(F)CC2)CN1. The minimum atomic E-state index is -2.49. The van der Waals surface area contributed by atoms with E-state index < -0.39 is 5.92 Å². The van der Waals surface area contributed by atoms with E-state index in [1.165, 1.54) is 0 Å². The Morgan fingerprint density at radius 3 is 2.23 bits per heavy atom. The maximum absolute atomic E-state index is 12.8. The van der Waals surface area contributed by atoms with Crippen molar-refractivity contribution < 1.29 is 13.6 Å². The molecule has 0 aromatic rings. The van der Waals surface area contributed by atoms with Gasteiger partial charge in [-0.05, 0) is 18.3 Å². The number of hydrogen-bond donors (Lipinski definition) is 1. The lowest BCUT2D eigenvalue weighted by molar-refractivity contribution is -0.120. The van der Waals surface area contributed by atoms with Crippen molar-refractivity contribution in [2.24, 2.45) is 5.41 Å². The van der Waals surface area contributed by atoms with Gasteiger partial charge < -0.3 is 5.32 Å². The van der Waals surface area contributed by atoms with Crippen molar-refractivity contribution in [2.75, 3.05) is 6.54 Å². The van der Waals surface area contributed by atoms with E-state index in [1.54, 1.807) is 0 Å². The highest BCUT2D eigenvalue weighted by molar-refractivity contribution is 5.79. The summed E-state index contributed by atoms with van der Waals surface area (Å²) >= 11 is 0. The molecule has 2 nitrogen and oxygen atoms in total. The van der Waals surface area contributed by atoms with Crippen molar-refractivity contribution in [3.63, 3.8) is 0 Å². The molecule has 1 N–H and O–H groups in total. The van der Waals surface area contributed by atoms with Crippen LogP contribution in [0.25, 0.3) is 0 Å². The molecule has 0 aromatic carbocycles. The minimum absolute atomic E-state index is 0.0187. The first kappa shape index (κ1) is 8.91. The Hall–Kier alpha value is -0.670. The summed E-state index contributed by atoms with van der Waals surface area (Å²) in [7, 11) is 0. The Morgan fingerprint density at radius 2 is 1.77 bits per heavy atom. The van der Waals surface area contributed by atoms with Crippen molar-refractivity contribution in [2.45, 2.75) is 38.0 Å². The van der Waals surface area contributed by atoms with E-state index in [0.717, 1.165) is 0 Å². The second-order valence-electron chi connectivity index (χ2n) is 4.31. The predicted molar refractivity (Wildman–Crippen MR) is 43.5 cm³/mol. The van der Waals surface area contributed by atoms with Gasteiger partial charge >= 0.3 is 0 Å². The van der Waals surface area contributed by atoms with Gasteiger partial charge in [-0.2, -0.15) is 0 Å². The largest absolute Gasteiger partial charge is 0.356 e. The molecule has 4 heteroatoms. The fourth-order valence-electron chi connectivity index (χ4n) is 2.25. The van der Waals surface area contributed by atoms with Gasteiger partial charge in [-0.15, -0.1) is 0 Å². The topological polar surface area (TPSA) is 29.1 Å². The lowest BCUT2D eigenvalue weighted by Gasteiger charge is -2.35. The third kappa shape index (κ3) is 1.67. The van der Waals surface area contributed by atoms with Crippen LogP contribution >= 0.6 is 0 Å². The Balaban J connectivity index is 2.01. The predicted octanol–water partition coefficient (Wildman–Crippen LogP) is 1.70. The molecular weight excluding hydrogens is 176 g/mol. The van der Waals surface area contributed by atoms with Crippen molar-refractivity contribution in [1.29, 1.82) is 0 Å². The summed E-state index contributed by atoms with van der Waals surface area (Å²) < 4.78 is 25.7. The van der Waals surface area contributed by atoms with Crippen molar-refractivity contribution in [3.05, 3.63) is 0 Å². The zero-order chi connectivity index (χ0) is 9.53. The summed E-state index contributed by atoms with van der Waals surface area (Å²) in [6, 6.07) is 0. The summed E-state index contributed by atoms with van der Waals surface area (Å²) in [4.78, 5) is 11.0. The maximum Gasteiger partial charge on any atom is 0.248 e. The van der Waals surface area contributed by atoms with E-state index in [9.17, 15) is 13.6 Å². The Labute approximate surface area is 75.7 Å². The summed E-state index contributed by atoms with van der Waals surface area (Å²) in [5.74, 6) is -2.47. The van der Waals surface area contributed by atoms with Gasteiger partial charge in [-0.3, -0.25) is 4.79 Å². The molecule has 0 radical (unpaired) electrons. The number of carbonyl (C=O) groups is 1. The van der Waals surface area contributed by atoms with Gasteiger partial charge in [0.2, 0.25) is 11.8 Å². The normalized spacial score (nSPS) is 30.5. The van der Waals surface area contributed by atoms with Crippen molar-refractivity contribution >= 4 is 5.91 Å². The van der Waals surface area contributed by atoms with Gasteiger partial charge in [0.05, 0.1) is 0 Å². The molecule has 0 bridgehead atoms. The van der Waals surface area contributed by atoms with E-state index in [0.29, 0.717) is 25.8 Å². The molecule has 0 atom stereocenters. The molecule has 2 fully saturated rings. The lowest BCUT2D eigenvalue weighted by atomic mass is 9.72. The molecule has 1 saturated heterocycles. The number of amides is 1. The molecule has 1 aliphatic heterocycles. The van der Waals surface area contributed by atoms with E-state index in [1.807, 2.05) is 0 Å². The molecule has 0 unspecified atom stereocenters. The number of rotatable bonds is 0. The quantitative estimate of drug-likeness (QED) is 0.617. The molecule has 2 aliphatic rings. The number of nitrogens with one attached hydrogen (secondary N) is 1. The first-order valence-corrected chi connectivity index (χ1v) is 4.66. The summed E-state index contributed by atoms with van der Waals surface area (Å²) in [6.07, 6.45) is 1.31. The van der Waals surface area contributed by atoms with E-state index >= 15 is 0 Å². The third-order valence-electron chi connectivity index (χ3n) is 3.24. The first-order chi connectivity index (χ1) is 6.02. The highest BCUT2D eigenvalue weighted by Crippen LogP contribution is 2.46. The Bertz CT molecular complexity index is 230. The number of carbonyl (C=O) groups excluding carboxylic acids is 1. The van der Waals surface area contributed by atoms with Crippen LogP contribution in [0.4, 0.5) is 8.78 Å². The minimum Gasteiger partial charge on any atom is -0.356 e. The van der Waals surface area contributed by atoms with Crippen molar-refractivity contribution in [1.82, 2.24) is 5.32 Å². The number of hydrogen-bond acceptors (Lipinski definition) is 1. The van der Waals surface area contributed by atoms with Gasteiger partial charge in [0.15, 0.2) is 0 Å². The molecule has 1 aliphatic carbocycles. The van der Waals surface area contributed by atoms with Crippen LogP contribution in [0.15, 0.2) is 0 Å². The van der Waals surface area contributed by atoms with Crippen LogP contribution in [0, 0.1) is 5.41 Å². The van der Waals surface area contributed by atoms with Crippen LogP contribution in [-0.4, -0.2) is 18.4 Å². The van der Waals surface area contributed by atoms with Crippen LogP contribution in [0.1, 0.15) is 32.1 Å². The molecular formula is C9H13F2NO. The highest BCUT2D eigenvalue weighted by Gasteiger charge is 2.46. The molecule has 2 rings (SSSR count). The Morgan fingerprint density at radius 1 is 1.15 bits per heavy atom. The van der Waals surface area contributed by atoms with Crippen molar-refractivity contribution in [3.8, 4) is 0 Å². The second-order valence-corrected chi connectivity index (χ2v) is 4.31. The molecule has 1 saturated carbocycles. The summed E-state index contributed by atoms with van der Waals surface area (Å²) in [6.45, 7) is 0.599. The van der Waals surface area contributed by atoms with Gasteiger partial charge in [0.1, 0.15) is 0 Å². The van der Waals surface area contributed by atoms with Gasteiger partial charge in [0, 0.05) is 25.8 Å². The van der Waals surface area contributed by atoms with Gasteiger partial charge in [-0.1, -0.05) is 0 Å². The molecule has 0 aromatic heterocycles. The molecule has 1 amide bonds. The fraction of sp³-hybridized carbons (Fsp3) is 0.889. The highest BCUT2D eigenvalue weighted by atomic mass is 19.3. The number of alkyl halides is 2. The first-order valence-electron chi connectivity index (χ1n) is 4.66.